The number of carbonyl (C=O) groups is 4. The van der Waals surface area contributed by atoms with Crippen molar-refractivity contribution in [1.82, 2.24) is 25.1 Å². The molecule has 2 aromatic carbocycles. The Morgan fingerprint density at radius 2 is 1.56 bits per heavy atom. The second-order valence-corrected chi connectivity index (χ2v) is 9.44. The van der Waals surface area contributed by atoms with Crippen molar-refractivity contribution in [3.8, 4) is 11.5 Å². The maximum absolute atomic E-state index is 13.4. The molecule has 2 aliphatic rings. The smallest absolute Gasteiger partial charge is 0.334 e. The summed E-state index contributed by atoms with van der Waals surface area (Å²) in [6, 6.07) is 13.0. The summed E-state index contributed by atoms with van der Waals surface area (Å²) in [4.78, 5) is 54.4. The summed E-state index contributed by atoms with van der Waals surface area (Å²) in [5.41, 5.74) is 1.81. The highest BCUT2D eigenvalue weighted by atomic mass is 16.5. The van der Waals surface area contributed by atoms with Gasteiger partial charge in [-0.25, -0.2) is 14.8 Å². The van der Waals surface area contributed by atoms with Crippen molar-refractivity contribution < 1.29 is 33.8 Å². The van der Waals surface area contributed by atoms with Gasteiger partial charge in [0.15, 0.2) is 0 Å². The van der Waals surface area contributed by atoms with Gasteiger partial charge >= 0.3 is 12.0 Å². The van der Waals surface area contributed by atoms with Crippen LogP contribution >= 0.6 is 0 Å². The molecule has 2 aliphatic heterocycles. The Morgan fingerprint density at radius 1 is 0.974 bits per heavy atom. The fourth-order valence-electron chi connectivity index (χ4n) is 4.93. The zero-order valence-corrected chi connectivity index (χ0v) is 22.2. The maximum atomic E-state index is 13.4. The predicted octanol–water partition coefficient (Wildman–Crippen LogP) is 1.16. The standard InChI is InChI=1S/C27H33N5O7/c1-29-17-24(33)31-22(14-25(34)35)26(36)30(13-12-18-4-8-20(38-2)9-5-18)16-23(31)32(29)27(37)28-15-19-6-10-21(39-3)11-7-19/h4-11,22-23H,12-17H2,1-3H3,(H,28,37)(H,34,35). The van der Waals surface area contributed by atoms with Crippen molar-refractivity contribution in [2.45, 2.75) is 31.6 Å². The van der Waals surface area contributed by atoms with E-state index in [0.29, 0.717) is 24.5 Å². The molecule has 2 fully saturated rings. The number of carboxylic acids is 1. The van der Waals surface area contributed by atoms with Gasteiger partial charge in [-0.1, -0.05) is 24.3 Å². The molecular weight excluding hydrogens is 506 g/mol. The van der Waals surface area contributed by atoms with Gasteiger partial charge in [-0.2, -0.15) is 0 Å². The molecule has 2 atom stereocenters. The zero-order chi connectivity index (χ0) is 28.1. The number of benzene rings is 2. The monoisotopic (exact) mass is 539 g/mol. The van der Waals surface area contributed by atoms with Crippen molar-refractivity contribution in [2.24, 2.45) is 0 Å². The van der Waals surface area contributed by atoms with E-state index < -0.39 is 42.4 Å². The fourth-order valence-corrected chi connectivity index (χ4v) is 4.93. The first kappa shape index (κ1) is 27.7. The van der Waals surface area contributed by atoms with Crippen LogP contribution in [-0.4, -0.2) is 102 Å². The summed E-state index contributed by atoms with van der Waals surface area (Å²) in [6.45, 7) is 0.413. The minimum absolute atomic E-state index is 0.0527. The zero-order valence-electron chi connectivity index (χ0n) is 22.2. The van der Waals surface area contributed by atoms with Crippen molar-refractivity contribution in [3.05, 3.63) is 59.7 Å². The van der Waals surface area contributed by atoms with Gasteiger partial charge < -0.3 is 29.7 Å². The number of aliphatic carboxylic acids is 1. The number of hydrazine groups is 1. The van der Waals surface area contributed by atoms with Crippen molar-refractivity contribution in [3.63, 3.8) is 0 Å². The molecule has 2 aromatic rings. The number of carboxylic acid groups (broad SMARTS) is 1. The minimum Gasteiger partial charge on any atom is -0.497 e. The Labute approximate surface area is 226 Å². The Balaban J connectivity index is 1.54. The Bertz CT molecular complexity index is 1200. The molecule has 4 rings (SSSR count). The van der Waals surface area contributed by atoms with Crippen LogP contribution in [0.15, 0.2) is 48.5 Å². The number of fused-ring (bicyclic) bond motifs is 1. The highest BCUT2D eigenvalue weighted by Crippen LogP contribution is 2.28. The molecule has 0 aromatic heterocycles. The number of piperazine rings is 1. The molecular formula is C27H33N5O7. The van der Waals surface area contributed by atoms with E-state index in [1.54, 1.807) is 33.4 Å². The number of methoxy groups -OCH3 is 2. The van der Waals surface area contributed by atoms with Crippen LogP contribution in [0.25, 0.3) is 0 Å². The van der Waals surface area contributed by atoms with Crippen LogP contribution in [-0.2, 0) is 27.3 Å². The fraction of sp³-hybridized carbons (Fsp3) is 0.407. The molecule has 2 saturated heterocycles. The van der Waals surface area contributed by atoms with Crippen LogP contribution in [0.3, 0.4) is 0 Å². The SMILES string of the molecule is COc1ccc(CCN2CC3N(C(=O)CN(C)N3C(=O)NCc3ccc(OC)cc3)C(CC(=O)O)C2=O)cc1. The van der Waals surface area contributed by atoms with Crippen molar-refractivity contribution in [1.29, 1.82) is 0 Å². The summed E-state index contributed by atoms with van der Waals surface area (Å²) in [6.07, 6.45) is -0.897. The quantitative estimate of drug-likeness (QED) is 0.485. The van der Waals surface area contributed by atoms with Crippen molar-refractivity contribution in [2.75, 3.05) is 40.9 Å². The average molecular weight is 540 g/mol. The van der Waals surface area contributed by atoms with E-state index in [0.717, 1.165) is 11.1 Å². The summed E-state index contributed by atoms with van der Waals surface area (Å²) >= 11 is 0. The molecule has 208 valence electrons. The van der Waals surface area contributed by atoms with Crippen LogP contribution in [0.4, 0.5) is 4.79 Å². The number of nitrogens with zero attached hydrogens (tertiary/aromatic N) is 4. The molecule has 0 aliphatic carbocycles. The molecule has 12 heteroatoms. The van der Waals surface area contributed by atoms with Crippen LogP contribution in [0.1, 0.15) is 17.5 Å². The third-order valence-electron chi connectivity index (χ3n) is 6.95. The number of ether oxygens (including phenoxy) is 2. The van der Waals surface area contributed by atoms with Crippen molar-refractivity contribution >= 4 is 23.8 Å². The normalized spacial score (nSPS) is 19.5. The number of amides is 4. The van der Waals surface area contributed by atoms with E-state index >= 15 is 0 Å². The van der Waals surface area contributed by atoms with Gasteiger partial charge in [0, 0.05) is 20.1 Å². The minimum atomic E-state index is -1.21. The lowest BCUT2D eigenvalue weighted by molar-refractivity contribution is -0.188. The lowest BCUT2D eigenvalue weighted by Gasteiger charge is -2.54. The largest absolute Gasteiger partial charge is 0.497 e. The third-order valence-corrected chi connectivity index (χ3v) is 6.95. The highest BCUT2D eigenvalue weighted by molar-refractivity contribution is 5.93. The molecule has 4 amide bonds. The number of likely N-dealkylation sites (N-methyl/N-ethyl adjacent to an activating group) is 1. The number of rotatable bonds is 9. The Morgan fingerprint density at radius 3 is 2.13 bits per heavy atom. The summed E-state index contributed by atoms with van der Waals surface area (Å²) in [7, 11) is 4.77. The molecule has 0 saturated carbocycles. The molecule has 0 spiro atoms. The highest BCUT2D eigenvalue weighted by Gasteiger charge is 2.51. The predicted molar refractivity (Wildman–Crippen MR) is 140 cm³/mol. The summed E-state index contributed by atoms with van der Waals surface area (Å²) < 4.78 is 10.4. The van der Waals surface area contributed by atoms with Gasteiger partial charge in [0.05, 0.1) is 33.7 Å². The van der Waals surface area contributed by atoms with E-state index in [9.17, 15) is 24.3 Å². The number of urea groups is 1. The van der Waals surface area contributed by atoms with E-state index in [-0.39, 0.29) is 19.6 Å². The summed E-state index contributed by atoms with van der Waals surface area (Å²) in [5, 5.41) is 15.3. The molecule has 2 heterocycles. The topological polar surface area (TPSA) is 132 Å². The first-order valence-electron chi connectivity index (χ1n) is 12.6. The van der Waals surface area contributed by atoms with Gasteiger partial charge in [-0.05, 0) is 41.8 Å². The van der Waals surface area contributed by atoms with E-state index in [4.69, 9.17) is 9.47 Å². The van der Waals surface area contributed by atoms with E-state index in [1.807, 2.05) is 36.4 Å². The summed E-state index contributed by atoms with van der Waals surface area (Å²) in [5.74, 6) is -0.646. The Kier molecular flexibility index (Phi) is 8.55. The molecule has 12 nitrogen and oxygen atoms in total. The lowest BCUT2D eigenvalue weighted by atomic mass is 10.0. The second-order valence-electron chi connectivity index (χ2n) is 9.44. The number of carbonyl (C=O) groups excluding carboxylic acids is 3. The van der Waals surface area contributed by atoms with Gasteiger partial charge in [0.2, 0.25) is 11.8 Å². The van der Waals surface area contributed by atoms with Gasteiger partial charge in [-0.15, -0.1) is 0 Å². The van der Waals surface area contributed by atoms with Crippen LogP contribution in [0.2, 0.25) is 0 Å². The average Bonchev–Trinajstić information content (AvgIpc) is 2.92. The Hall–Kier alpha value is -4.32. The van der Waals surface area contributed by atoms with E-state index in [1.165, 1.54) is 19.8 Å². The molecule has 2 unspecified atom stereocenters. The molecule has 39 heavy (non-hydrogen) atoms. The number of nitrogens with one attached hydrogen (secondary N) is 1. The molecule has 0 bridgehead atoms. The lowest BCUT2D eigenvalue weighted by Crippen LogP contribution is -2.76. The number of hydrogen-bond donors (Lipinski definition) is 2. The second kappa shape index (κ2) is 12.0. The van der Waals surface area contributed by atoms with Crippen LogP contribution < -0.4 is 14.8 Å². The first-order valence-corrected chi connectivity index (χ1v) is 12.6. The molecule has 0 radical (unpaired) electrons. The van der Waals surface area contributed by atoms with Gasteiger partial charge in [-0.3, -0.25) is 14.4 Å². The van der Waals surface area contributed by atoms with E-state index in [2.05, 4.69) is 5.32 Å². The maximum Gasteiger partial charge on any atom is 0.334 e. The first-order chi connectivity index (χ1) is 18.7. The molecule has 2 N–H and O–H groups in total. The van der Waals surface area contributed by atoms with Gasteiger partial charge in [0.1, 0.15) is 23.7 Å². The third kappa shape index (κ3) is 6.23. The van der Waals surface area contributed by atoms with Gasteiger partial charge in [0.25, 0.3) is 0 Å². The van der Waals surface area contributed by atoms with Crippen LogP contribution in [0, 0.1) is 0 Å². The number of hydrogen-bond acceptors (Lipinski definition) is 7. The van der Waals surface area contributed by atoms with Crippen LogP contribution in [0.5, 0.6) is 11.5 Å².